The molecule has 1 fully saturated rings. The highest BCUT2D eigenvalue weighted by Gasteiger charge is 2.17. The quantitative estimate of drug-likeness (QED) is 0.723. The Balaban J connectivity index is 1.97. The molecule has 0 amide bonds. The van der Waals surface area contributed by atoms with Crippen LogP contribution in [0.15, 0.2) is 18.2 Å². The molecule has 0 spiro atoms. The number of nitrogens with one attached hydrogen (secondary N) is 1. The molecule has 0 saturated heterocycles. The first-order chi connectivity index (χ1) is 10.2. The molecule has 1 N–H and O–H groups in total. The van der Waals surface area contributed by atoms with Gasteiger partial charge in [-0.3, -0.25) is 0 Å². The van der Waals surface area contributed by atoms with Crippen molar-refractivity contribution in [3.05, 3.63) is 34.9 Å². The highest BCUT2D eigenvalue weighted by Crippen LogP contribution is 2.31. The van der Waals surface area contributed by atoms with Crippen LogP contribution in [0.5, 0.6) is 0 Å². The molecule has 2 rings (SSSR count). The van der Waals surface area contributed by atoms with E-state index in [4.69, 9.17) is 0 Å². The Kier molecular flexibility index (Phi) is 7.12. The third-order valence-electron chi connectivity index (χ3n) is 4.62. The van der Waals surface area contributed by atoms with Crippen molar-refractivity contribution in [1.82, 2.24) is 5.32 Å². The highest BCUT2D eigenvalue weighted by atomic mass is 32.2. The van der Waals surface area contributed by atoms with Crippen LogP contribution >= 0.6 is 11.8 Å². The first-order valence-electron chi connectivity index (χ1n) is 8.63. The van der Waals surface area contributed by atoms with Gasteiger partial charge in [0.15, 0.2) is 0 Å². The molecule has 0 heterocycles. The van der Waals surface area contributed by atoms with Crippen LogP contribution in [-0.2, 0) is 0 Å². The van der Waals surface area contributed by atoms with Crippen LogP contribution in [0.3, 0.4) is 0 Å². The monoisotopic (exact) mass is 305 g/mol. The predicted octanol–water partition coefficient (Wildman–Crippen LogP) is 5.41. The molecule has 1 aromatic carbocycles. The van der Waals surface area contributed by atoms with E-state index in [1.54, 1.807) is 0 Å². The van der Waals surface area contributed by atoms with E-state index in [9.17, 15) is 0 Å². The summed E-state index contributed by atoms with van der Waals surface area (Å²) in [6.07, 6.45) is 8.39. The van der Waals surface area contributed by atoms with Crippen molar-refractivity contribution in [2.45, 2.75) is 70.6 Å². The zero-order valence-electron chi connectivity index (χ0n) is 14.0. The van der Waals surface area contributed by atoms with Gasteiger partial charge in [0.25, 0.3) is 0 Å². The minimum absolute atomic E-state index is 0.510. The van der Waals surface area contributed by atoms with Crippen molar-refractivity contribution in [2.24, 2.45) is 0 Å². The van der Waals surface area contributed by atoms with E-state index < -0.39 is 0 Å². The fraction of sp³-hybridized carbons (Fsp3) is 0.684. The molecular formula is C19H31NS. The molecule has 1 aromatic rings. The maximum absolute atomic E-state index is 3.75. The number of thioether (sulfide) groups is 1. The first kappa shape index (κ1) is 16.9. The van der Waals surface area contributed by atoms with Crippen molar-refractivity contribution in [3.8, 4) is 0 Å². The lowest BCUT2D eigenvalue weighted by molar-refractivity contribution is 0.513. The molecule has 0 bridgehead atoms. The third-order valence-corrected chi connectivity index (χ3v) is 6.09. The fourth-order valence-electron chi connectivity index (χ4n) is 3.04. The second kappa shape index (κ2) is 8.85. The van der Waals surface area contributed by atoms with Gasteiger partial charge in [-0.2, -0.15) is 11.8 Å². The first-order valence-corrected chi connectivity index (χ1v) is 9.67. The molecular weight excluding hydrogens is 274 g/mol. The molecule has 1 aliphatic rings. The molecule has 0 aliphatic heterocycles. The minimum Gasteiger partial charge on any atom is -0.309 e. The molecule has 2 heteroatoms. The Morgan fingerprint density at radius 1 is 1.14 bits per heavy atom. The lowest BCUT2D eigenvalue weighted by Gasteiger charge is -2.25. The van der Waals surface area contributed by atoms with Crippen LogP contribution in [0.25, 0.3) is 0 Å². The standard InChI is InChI=1S/C19H31NS/c1-4-12-20-19(14-21-18-8-6-5-7-9-18)17-11-10-15(2)16(3)13-17/h10-11,13,18-20H,4-9,12,14H2,1-3H3. The summed E-state index contributed by atoms with van der Waals surface area (Å²) < 4.78 is 0. The number of rotatable bonds is 7. The zero-order valence-corrected chi connectivity index (χ0v) is 14.8. The van der Waals surface area contributed by atoms with Gasteiger partial charge in [0.2, 0.25) is 0 Å². The van der Waals surface area contributed by atoms with Crippen molar-refractivity contribution in [3.63, 3.8) is 0 Å². The number of aryl methyl sites for hydroxylation is 2. The van der Waals surface area contributed by atoms with Gasteiger partial charge in [-0.05, 0) is 56.3 Å². The molecule has 1 unspecified atom stereocenters. The maximum atomic E-state index is 3.75. The largest absolute Gasteiger partial charge is 0.309 e. The van der Waals surface area contributed by atoms with Crippen LogP contribution in [0.4, 0.5) is 0 Å². The summed E-state index contributed by atoms with van der Waals surface area (Å²) in [6, 6.07) is 7.48. The average molecular weight is 306 g/mol. The minimum atomic E-state index is 0.510. The van der Waals surface area contributed by atoms with Gasteiger partial charge in [-0.1, -0.05) is 44.4 Å². The van der Waals surface area contributed by atoms with E-state index in [1.807, 2.05) is 0 Å². The van der Waals surface area contributed by atoms with Crippen molar-refractivity contribution in [2.75, 3.05) is 12.3 Å². The van der Waals surface area contributed by atoms with E-state index in [0.717, 1.165) is 11.8 Å². The summed E-state index contributed by atoms with van der Waals surface area (Å²) in [5.41, 5.74) is 4.28. The second-order valence-electron chi connectivity index (χ2n) is 6.44. The van der Waals surface area contributed by atoms with Gasteiger partial charge in [-0.25, -0.2) is 0 Å². The van der Waals surface area contributed by atoms with Gasteiger partial charge in [0, 0.05) is 17.0 Å². The van der Waals surface area contributed by atoms with E-state index in [1.165, 1.54) is 61.0 Å². The molecule has 118 valence electrons. The Morgan fingerprint density at radius 2 is 1.90 bits per heavy atom. The summed E-state index contributed by atoms with van der Waals surface area (Å²) in [5.74, 6) is 1.22. The maximum Gasteiger partial charge on any atom is 0.0412 e. The second-order valence-corrected chi connectivity index (χ2v) is 7.78. The Morgan fingerprint density at radius 3 is 2.57 bits per heavy atom. The smallest absolute Gasteiger partial charge is 0.0412 e. The van der Waals surface area contributed by atoms with Gasteiger partial charge < -0.3 is 5.32 Å². The van der Waals surface area contributed by atoms with Crippen LogP contribution in [0.1, 0.15) is 68.2 Å². The lowest BCUT2D eigenvalue weighted by atomic mass is 10.0. The van der Waals surface area contributed by atoms with E-state index in [-0.39, 0.29) is 0 Å². The summed E-state index contributed by atoms with van der Waals surface area (Å²) in [4.78, 5) is 0. The SMILES string of the molecule is CCCNC(CSC1CCCCC1)c1ccc(C)c(C)c1. The topological polar surface area (TPSA) is 12.0 Å². The molecule has 0 aromatic heterocycles. The molecule has 1 atom stereocenters. The van der Waals surface area contributed by atoms with Crippen molar-refractivity contribution >= 4 is 11.8 Å². The van der Waals surface area contributed by atoms with Crippen LogP contribution in [-0.4, -0.2) is 17.5 Å². The van der Waals surface area contributed by atoms with E-state index in [0.29, 0.717) is 6.04 Å². The third kappa shape index (κ3) is 5.34. The van der Waals surface area contributed by atoms with E-state index >= 15 is 0 Å². The van der Waals surface area contributed by atoms with Crippen molar-refractivity contribution < 1.29 is 0 Å². The summed E-state index contributed by atoms with van der Waals surface area (Å²) in [5, 5.41) is 4.65. The normalized spacial score (nSPS) is 17.9. The van der Waals surface area contributed by atoms with Crippen LogP contribution in [0.2, 0.25) is 0 Å². The Labute approximate surface area is 135 Å². The van der Waals surface area contributed by atoms with Gasteiger partial charge in [0.05, 0.1) is 0 Å². The summed E-state index contributed by atoms with van der Waals surface area (Å²) in [6.45, 7) is 7.79. The lowest BCUT2D eigenvalue weighted by Crippen LogP contribution is -2.25. The molecule has 0 radical (unpaired) electrons. The predicted molar refractivity (Wildman–Crippen MR) is 96.3 cm³/mol. The van der Waals surface area contributed by atoms with Gasteiger partial charge >= 0.3 is 0 Å². The number of benzene rings is 1. The zero-order chi connectivity index (χ0) is 15.1. The van der Waals surface area contributed by atoms with Gasteiger partial charge in [-0.15, -0.1) is 0 Å². The Hall–Kier alpha value is -0.470. The van der Waals surface area contributed by atoms with E-state index in [2.05, 4.69) is 56.0 Å². The number of hydrogen-bond acceptors (Lipinski definition) is 2. The molecule has 1 saturated carbocycles. The molecule has 21 heavy (non-hydrogen) atoms. The Bertz CT molecular complexity index is 424. The van der Waals surface area contributed by atoms with Gasteiger partial charge in [0.1, 0.15) is 0 Å². The van der Waals surface area contributed by atoms with Crippen molar-refractivity contribution in [1.29, 1.82) is 0 Å². The summed E-state index contributed by atoms with van der Waals surface area (Å²) >= 11 is 2.20. The fourth-order valence-corrected chi connectivity index (χ4v) is 4.48. The van der Waals surface area contributed by atoms with Crippen LogP contribution < -0.4 is 5.32 Å². The molecule has 1 aliphatic carbocycles. The summed E-state index contributed by atoms with van der Waals surface area (Å²) in [7, 11) is 0. The molecule has 1 nitrogen and oxygen atoms in total. The average Bonchev–Trinajstić information content (AvgIpc) is 2.51. The number of hydrogen-bond donors (Lipinski definition) is 1. The highest BCUT2D eigenvalue weighted by molar-refractivity contribution is 7.99. The van der Waals surface area contributed by atoms with Crippen LogP contribution in [0, 0.1) is 13.8 Å².